The molecule has 1 aliphatic rings. The Bertz CT molecular complexity index is 332. The third kappa shape index (κ3) is 2.65. The van der Waals surface area contributed by atoms with E-state index in [1.54, 1.807) is 6.07 Å². The topological polar surface area (TPSA) is 25.4 Å². The third-order valence-electron chi connectivity index (χ3n) is 2.48. The zero-order chi connectivity index (χ0) is 10.7. The lowest BCUT2D eigenvalue weighted by Crippen LogP contribution is -2.30. The summed E-state index contributed by atoms with van der Waals surface area (Å²) in [5.41, 5.74) is 0. The number of aromatic nitrogens is 1. The summed E-state index contributed by atoms with van der Waals surface area (Å²) in [7, 11) is 0. The first-order valence-corrected chi connectivity index (χ1v) is 5.25. The molecular weight excluding hydrogens is 195 g/mol. The van der Waals surface area contributed by atoms with Crippen LogP contribution in [-0.2, 0) is 4.74 Å². The second-order valence-corrected chi connectivity index (χ2v) is 3.80. The Hall–Kier alpha value is -1.16. The Morgan fingerprint density at radius 3 is 3.20 bits per heavy atom. The minimum Gasteiger partial charge on any atom is -0.377 e. The lowest BCUT2D eigenvalue weighted by molar-refractivity contribution is 0.0820. The molecule has 0 aliphatic carbocycles. The molecule has 1 atom stereocenters. The lowest BCUT2D eigenvalue weighted by Gasteiger charge is -2.22. The fourth-order valence-electron chi connectivity index (χ4n) is 1.78. The predicted molar refractivity (Wildman–Crippen MR) is 56.4 cm³/mol. The van der Waals surface area contributed by atoms with E-state index in [0.29, 0.717) is 5.82 Å². The molecule has 82 valence electrons. The predicted octanol–water partition coefficient (Wildman–Crippen LogP) is 1.84. The Morgan fingerprint density at radius 1 is 1.53 bits per heavy atom. The van der Waals surface area contributed by atoms with Crippen LogP contribution in [0.15, 0.2) is 18.2 Å². The van der Waals surface area contributed by atoms with Crippen molar-refractivity contribution in [2.45, 2.75) is 19.4 Å². The molecule has 1 fully saturated rings. The molecule has 0 aromatic carbocycles. The van der Waals surface area contributed by atoms with E-state index >= 15 is 0 Å². The van der Waals surface area contributed by atoms with Crippen LogP contribution in [0.4, 0.5) is 10.2 Å². The van der Waals surface area contributed by atoms with Crippen LogP contribution in [0, 0.1) is 5.95 Å². The number of ether oxygens (including phenoxy) is 1. The Labute approximate surface area is 88.9 Å². The maximum Gasteiger partial charge on any atom is 0.214 e. The quantitative estimate of drug-likeness (QED) is 0.661. The number of pyridine rings is 1. The SMILES string of the molecule is CC1CN(c2cccc(F)n2)CCCO1. The molecule has 1 unspecified atom stereocenters. The van der Waals surface area contributed by atoms with Crippen LogP contribution in [-0.4, -0.2) is 30.8 Å². The Kier molecular flexibility index (Phi) is 3.16. The van der Waals surface area contributed by atoms with Gasteiger partial charge in [-0.05, 0) is 25.5 Å². The molecule has 0 bridgehead atoms. The zero-order valence-corrected chi connectivity index (χ0v) is 8.82. The summed E-state index contributed by atoms with van der Waals surface area (Å²) >= 11 is 0. The van der Waals surface area contributed by atoms with Crippen molar-refractivity contribution < 1.29 is 9.13 Å². The van der Waals surface area contributed by atoms with E-state index in [1.165, 1.54) is 6.07 Å². The Morgan fingerprint density at radius 2 is 2.40 bits per heavy atom. The number of halogens is 1. The lowest BCUT2D eigenvalue weighted by atomic mass is 10.3. The van der Waals surface area contributed by atoms with Crippen molar-refractivity contribution in [2.75, 3.05) is 24.6 Å². The maximum atomic E-state index is 13.0. The molecular formula is C11H15FN2O. The highest BCUT2D eigenvalue weighted by Crippen LogP contribution is 2.15. The van der Waals surface area contributed by atoms with Gasteiger partial charge in [-0.2, -0.15) is 4.39 Å². The van der Waals surface area contributed by atoms with E-state index in [2.05, 4.69) is 9.88 Å². The normalized spacial score (nSPS) is 22.5. The monoisotopic (exact) mass is 210 g/mol. The van der Waals surface area contributed by atoms with E-state index in [9.17, 15) is 4.39 Å². The second-order valence-electron chi connectivity index (χ2n) is 3.80. The first-order chi connectivity index (χ1) is 7.25. The highest BCUT2D eigenvalue weighted by Gasteiger charge is 2.16. The van der Waals surface area contributed by atoms with Crippen LogP contribution in [0.1, 0.15) is 13.3 Å². The number of hydrogen-bond donors (Lipinski definition) is 0. The van der Waals surface area contributed by atoms with Gasteiger partial charge in [-0.25, -0.2) is 4.98 Å². The Balaban J connectivity index is 2.14. The van der Waals surface area contributed by atoms with Crippen LogP contribution in [0.3, 0.4) is 0 Å². The second kappa shape index (κ2) is 4.57. The van der Waals surface area contributed by atoms with Crippen molar-refractivity contribution in [1.82, 2.24) is 4.98 Å². The first-order valence-electron chi connectivity index (χ1n) is 5.25. The largest absolute Gasteiger partial charge is 0.377 e. The molecule has 1 aromatic rings. The van der Waals surface area contributed by atoms with Crippen molar-refractivity contribution >= 4 is 5.82 Å². The van der Waals surface area contributed by atoms with Crippen molar-refractivity contribution in [1.29, 1.82) is 0 Å². The number of anilines is 1. The molecule has 2 rings (SSSR count). The van der Waals surface area contributed by atoms with Gasteiger partial charge < -0.3 is 9.64 Å². The van der Waals surface area contributed by atoms with Gasteiger partial charge in [0.25, 0.3) is 0 Å². The standard InChI is InChI=1S/C11H15FN2O/c1-9-8-14(6-3-7-15-9)11-5-2-4-10(12)13-11/h2,4-5,9H,3,6-8H2,1H3. The molecule has 0 saturated carbocycles. The zero-order valence-electron chi connectivity index (χ0n) is 8.82. The summed E-state index contributed by atoms with van der Waals surface area (Å²) in [6.07, 6.45) is 1.14. The summed E-state index contributed by atoms with van der Waals surface area (Å²) in [6.45, 7) is 4.45. The summed E-state index contributed by atoms with van der Waals surface area (Å²) in [5, 5.41) is 0. The molecule has 1 aromatic heterocycles. The smallest absolute Gasteiger partial charge is 0.214 e. The average molecular weight is 210 g/mol. The highest BCUT2D eigenvalue weighted by molar-refractivity contribution is 5.38. The van der Waals surface area contributed by atoms with E-state index < -0.39 is 5.95 Å². The van der Waals surface area contributed by atoms with Gasteiger partial charge in [0.2, 0.25) is 5.95 Å². The summed E-state index contributed by atoms with van der Waals surface area (Å²) in [6, 6.07) is 4.89. The van der Waals surface area contributed by atoms with E-state index in [1.807, 2.05) is 13.0 Å². The van der Waals surface area contributed by atoms with Gasteiger partial charge in [0.1, 0.15) is 5.82 Å². The number of hydrogen-bond acceptors (Lipinski definition) is 3. The van der Waals surface area contributed by atoms with Crippen molar-refractivity contribution in [2.24, 2.45) is 0 Å². The number of nitrogens with zero attached hydrogens (tertiary/aromatic N) is 2. The van der Waals surface area contributed by atoms with Crippen molar-refractivity contribution in [3.8, 4) is 0 Å². The van der Waals surface area contributed by atoms with Gasteiger partial charge in [0, 0.05) is 19.7 Å². The van der Waals surface area contributed by atoms with Gasteiger partial charge in [-0.3, -0.25) is 0 Å². The van der Waals surface area contributed by atoms with E-state index in [0.717, 1.165) is 26.1 Å². The van der Waals surface area contributed by atoms with Crippen LogP contribution < -0.4 is 4.90 Å². The molecule has 1 aliphatic heterocycles. The first kappa shape index (κ1) is 10.4. The fourth-order valence-corrected chi connectivity index (χ4v) is 1.78. The molecule has 0 amide bonds. The maximum absolute atomic E-state index is 13.0. The van der Waals surface area contributed by atoms with Crippen molar-refractivity contribution in [3.05, 3.63) is 24.1 Å². The van der Waals surface area contributed by atoms with Gasteiger partial charge in [0.15, 0.2) is 0 Å². The number of rotatable bonds is 1. The molecule has 4 heteroatoms. The van der Waals surface area contributed by atoms with Crippen molar-refractivity contribution in [3.63, 3.8) is 0 Å². The fraction of sp³-hybridized carbons (Fsp3) is 0.545. The summed E-state index contributed by atoms with van der Waals surface area (Å²) in [4.78, 5) is 5.95. The van der Waals surface area contributed by atoms with Crippen LogP contribution in [0.2, 0.25) is 0 Å². The van der Waals surface area contributed by atoms with E-state index in [4.69, 9.17) is 4.74 Å². The third-order valence-corrected chi connectivity index (χ3v) is 2.48. The van der Waals surface area contributed by atoms with Crippen LogP contribution in [0.5, 0.6) is 0 Å². The summed E-state index contributed by atoms with van der Waals surface area (Å²) < 4.78 is 18.5. The van der Waals surface area contributed by atoms with Gasteiger partial charge in [0.05, 0.1) is 6.10 Å². The minimum atomic E-state index is -0.426. The molecule has 3 nitrogen and oxygen atoms in total. The summed E-state index contributed by atoms with van der Waals surface area (Å²) in [5.74, 6) is 0.276. The van der Waals surface area contributed by atoms with Crippen LogP contribution in [0.25, 0.3) is 0 Å². The van der Waals surface area contributed by atoms with Gasteiger partial charge >= 0.3 is 0 Å². The van der Waals surface area contributed by atoms with Gasteiger partial charge in [-0.1, -0.05) is 6.07 Å². The highest BCUT2D eigenvalue weighted by atomic mass is 19.1. The molecule has 0 radical (unpaired) electrons. The van der Waals surface area contributed by atoms with Crippen LogP contribution >= 0.6 is 0 Å². The van der Waals surface area contributed by atoms with E-state index in [-0.39, 0.29) is 6.10 Å². The average Bonchev–Trinajstić information content (AvgIpc) is 2.43. The molecule has 0 spiro atoms. The van der Waals surface area contributed by atoms with Gasteiger partial charge in [-0.15, -0.1) is 0 Å². The molecule has 15 heavy (non-hydrogen) atoms. The molecule has 0 N–H and O–H groups in total. The molecule has 1 saturated heterocycles. The minimum absolute atomic E-state index is 0.178. The molecule has 2 heterocycles.